The van der Waals surface area contributed by atoms with Crippen LogP contribution >= 0.6 is 11.8 Å². The van der Waals surface area contributed by atoms with E-state index in [4.69, 9.17) is 0 Å². The van der Waals surface area contributed by atoms with E-state index in [0.717, 1.165) is 35.8 Å². The highest BCUT2D eigenvalue weighted by atomic mass is 32.2. The van der Waals surface area contributed by atoms with Crippen LogP contribution in [0.1, 0.15) is 31.5 Å². The molecular formula is C13H22N6OS. The van der Waals surface area contributed by atoms with E-state index in [1.165, 1.54) is 11.8 Å². The number of nitrogens with zero attached hydrogens (tertiary/aromatic N) is 4. The molecule has 2 heterocycles. The van der Waals surface area contributed by atoms with E-state index < -0.39 is 0 Å². The number of hydrogen-bond donors (Lipinski definition) is 2. The van der Waals surface area contributed by atoms with Crippen molar-refractivity contribution in [1.82, 2.24) is 29.9 Å². The van der Waals surface area contributed by atoms with E-state index in [9.17, 15) is 4.79 Å². The fourth-order valence-corrected chi connectivity index (χ4v) is 3.22. The minimum Gasteiger partial charge on any atom is -0.313 e. The van der Waals surface area contributed by atoms with Gasteiger partial charge in [-0.15, -0.1) is 5.10 Å². The quantitative estimate of drug-likeness (QED) is 0.805. The van der Waals surface area contributed by atoms with Crippen molar-refractivity contribution in [2.45, 2.75) is 50.5 Å². The third kappa shape index (κ3) is 3.38. The van der Waals surface area contributed by atoms with Gasteiger partial charge in [0.15, 0.2) is 5.16 Å². The Balaban J connectivity index is 2.33. The van der Waals surface area contributed by atoms with E-state index in [0.29, 0.717) is 11.7 Å². The molecule has 0 aliphatic heterocycles. The number of hydrogen-bond acceptors (Lipinski definition) is 5. The Hall–Kier alpha value is -1.54. The minimum absolute atomic E-state index is 0.161. The first-order valence-electron chi connectivity index (χ1n) is 7.14. The van der Waals surface area contributed by atoms with Crippen molar-refractivity contribution in [2.24, 2.45) is 7.05 Å². The predicted molar refractivity (Wildman–Crippen MR) is 82.6 cm³/mol. The summed E-state index contributed by atoms with van der Waals surface area (Å²) in [5.74, 6) is 0. The molecule has 0 unspecified atom stereocenters. The molecule has 0 spiro atoms. The highest BCUT2D eigenvalue weighted by Crippen LogP contribution is 2.29. The lowest BCUT2D eigenvalue weighted by Gasteiger charge is -2.07. The predicted octanol–water partition coefficient (Wildman–Crippen LogP) is 1.28. The van der Waals surface area contributed by atoms with E-state index in [1.54, 1.807) is 4.57 Å². The van der Waals surface area contributed by atoms with Crippen molar-refractivity contribution in [1.29, 1.82) is 0 Å². The Kier molecular flexibility index (Phi) is 5.24. The van der Waals surface area contributed by atoms with Crippen LogP contribution in [0.15, 0.2) is 15.0 Å². The van der Waals surface area contributed by atoms with E-state index in [1.807, 2.05) is 25.6 Å². The number of nitrogens with one attached hydrogen (secondary N) is 2. The van der Waals surface area contributed by atoms with E-state index >= 15 is 0 Å². The topological polar surface area (TPSA) is 80.5 Å². The van der Waals surface area contributed by atoms with Gasteiger partial charge in [0, 0.05) is 25.7 Å². The van der Waals surface area contributed by atoms with Crippen LogP contribution in [0.5, 0.6) is 0 Å². The zero-order chi connectivity index (χ0) is 15.4. The molecule has 0 aliphatic carbocycles. The fraction of sp³-hybridized carbons (Fsp3) is 0.615. The lowest BCUT2D eigenvalue weighted by atomic mass is 10.2. The largest absolute Gasteiger partial charge is 0.343 e. The molecule has 2 N–H and O–H groups in total. The third-order valence-electron chi connectivity index (χ3n) is 3.20. The van der Waals surface area contributed by atoms with Gasteiger partial charge in [-0.1, -0.05) is 13.8 Å². The molecule has 21 heavy (non-hydrogen) atoms. The van der Waals surface area contributed by atoms with Crippen molar-refractivity contribution in [3.8, 4) is 0 Å². The van der Waals surface area contributed by atoms with Gasteiger partial charge in [-0.3, -0.25) is 9.25 Å². The van der Waals surface area contributed by atoms with Gasteiger partial charge in [0.05, 0.1) is 5.69 Å². The standard InChI is InChI=1S/C13H22N6OS/c1-5-7-19-12(20)15-16-13(19)21-11-10(8-14-6-2)9(3)17-18(11)4/h14H,5-8H2,1-4H3,(H,15,20). The molecule has 0 aromatic carbocycles. The smallest absolute Gasteiger partial charge is 0.313 e. The van der Waals surface area contributed by atoms with Crippen LogP contribution in [0, 0.1) is 6.92 Å². The summed E-state index contributed by atoms with van der Waals surface area (Å²) < 4.78 is 3.52. The molecule has 0 amide bonds. The second-order valence-electron chi connectivity index (χ2n) is 4.84. The minimum atomic E-state index is -0.161. The Morgan fingerprint density at radius 3 is 2.81 bits per heavy atom. The molecule has 0 atom stereocenters. The van der Waals surface area contributed by atoms with Crippen molar-refractivity contribution < 1.29 is 0 Å². The van der Waals surface area contributed by atoms with Gasteiger partial charge in [0.1, 0.15) is 5.03 Å². The van der Waals surface area contributed by atoms with Crippen LogP contribution < -0.4 is 11.0 Å². The molecule has 2 aromatic heterocycles. The average molecular weight is 310 g/mol. The van der Waals surface area contributed by atoms with Gasteiger partial charge in [0.25, 0.3) is 0 Å². The number of aromatic amines is 1. The number of aromatic nitrogens is 5. The summed E-state index contributed by atoms with van der Waals surface area (Å²) in [4.78, 5) is 11.8. The molecule has 116 valence electrons. The van der Waals surface area contributed by atoms with Gasteiger partial charge in [-0.25, -0.2) is 9.89 Å². The molecule has 0 saturated carbocycles. The summed E-state index contributed by atoms with van der Waals surface area (Å²) in [7, 11) is 1.92. The van der Waals surface area contributed by atoms with Crippen molar-refractivity contribution in [3.63, 3.8) is 0 Å². The highest BCUT2D eigenvalue weighted by Gasteiger charge is 2.17. The Bertz CT molecular complexity index is 656. The maximum absolute atomic E-state index is 11.8. The van der Waals surface area contributed by atoms with Gasteiger partial charge in [0.2, 0.25) is 0 Å². The molecule has 8 heteroatoms. The zero-order valence-electron chi connectivity index (χ0n) is 12.9. The number of H-pyrrole nitrogens is 1. The van der Waals surface area contributed by atoms with E-state index in [-0.39, 0.29) is 5.69 Å². The molecule has 7 nitrogen and oxygen atoms in total. The monoisotopic (exact) mass is 310 g/mol. The molecular weight excluding hydrogens is 288 g/mol. The van der Waals surface area contributed by atoms with Crippen LogP contribution in [-0.2, 0) is 20.1 Å². The molecule has 0 fully saturated rings. The van der Waals surface area contributed by atoms with Gasteiger partial charge in [-0.05, 0) is 31.7 Å². The van der Waals surface area contributed by atoms with Crippen LogP contribution in [0.2, 0.25) is 0 Å². The van der Waals surface area contributed by atoms with Crippen LogP contribution in [-0.4, -0.2) is 31.1 Å². The maximum atomic E-state index is 11.8. The van der Waals surface area contributed by atoms with Crippen LogP contribution in [0.25, 0.3) is 0 Å². The Morgan fingerprint density at radius 2 is 2.14 bits per heavy atom. The molecule has 0 radical (unpaired) electrons. The Labute approximate surface area is 128 Å². The third-order valence-corrected chi connectivity index (χ3v) is 4.40. The Morgan fingerprint density at radius 1 is 1.38 bits per heavy atom. The summed E-state index contributed by atoms with van der Waals surface area (Å²) >= 11 is 1.48. The molecule has 0 saturated heterocycles. The van der Waals surface area contributed by atoms with Crippen LogP contribution in [0.3, 0.4) is 0 Å². The maximum Gasteiger partial charge on any atom is 0.343 e. The SMILES string of the molecule is CCCn1c(Sc2c(CNCC)c(C)nn2C)n[nH]c1=O. The first-order chi connectivity index (χ1) is 10.1. The number of rotatable bonds is 7. The second kappa shape index (κ2) is 6.95. The first-order valence-corrected chi connectivity index (χ1v) is 7.96. The second-order valence-corrected chi connectivity index (χ2v) is 5.79. The van der Waals surface area contributed by atoms with Crippen molar-refractivity contribution in [2.75, 3.05) is 6.54 Å². The first kappa shape index (κ1) is 15.8. The lowest BCUT2D eigenvalue weighted by molar-refractivity contribution is 0.601. The summed E-state index contributed by atoms with van der Waals surface area (Å²) in [6.07, 6.45) is 0.891. The normalized spacial score (nSPS) is 11.2. The molecule has 0 aliphatic rings. The van der Waals surface area contributed by atoms with Crippen molar-refractivity contribution in [3.05, 3.63) is 21.7 Å². The van der Waals surface area contributed by atoms with E-state index in [2.05, 4.69) is 27.5 Å². The molecule has 2 rings (SSSR count). The fourth-order valence-electron chi connectivity index (χ4n) is 2.15. The highest BCUT2D eigenvalue weighted by molar-refractivity contribution is 7.99. The lowest BCUT2D eigenvalue weighted by Crippen LogP contribution is -2.17. The van der Waals surface area contributed by atoms with Gasteiger partial charge >= 0.3 is 5.69 Å². The molecule has 0 bridgehead atoms. The van der Waals surface area contributed by atoms with Crippen LogP contribution in [0.4, 0.5) is 0 Å². The average Bonchev–Trinajstić information content (AvgIpc) is 2.92. The summed E-state index contributed by atoms with van der Waals surface area (Å²) in [5, 5.41) is 16.2. The summed E-state index contributed by atoms with van der Waals surface area (Å²) in [6, 6.07) is 0. The van der Waals surface area contributed by atoms with Gasteiger partial charge in [-0.2, -0.15) is 5.10 Å². The number of aryl methyl sites for hydroxylation is 2. The van der Waals surface area contributed by atoms with Crippen molar-refractivity contribution >= 4 is 11.8 Å². The van der Waals surface area contributed by atoms with Gasteiger partial charge < -0.3 is 5.32 Å². The molecule has 2 aromatic rings. The summed E-state index contributed by atoms with van der Waals surface area (Å²) in [5.41, 5.74) is 2.00. The zero-order valence-corrected chi connectivity index (χ0v) is 13.8. The summed E-state index contributed by atoms with van der Waals surface area (Å²) in [6.45, 7) is 8.45.